The van der Waals surface area contributed by atoms with Gasteiger partial charge >= 0.3 is 12.1 Å². The smallest absolute Gasteiger partial charge is 0.347 e. The highest BCUT2D eigenvalue weighted by Gasteiger charge is 2.47. The van der Waals surface area contributed by atoms with Gasteiger partial charge in [-0.05, 0) is 61.1 Å². The van der Waals surface area contributed by atoms with Crippen LogP contribution in [0.4, 0.5) is 13.2 Å². The third-order valence-corrected chi connectivity index (χ3v) is 6.91. The van der Waals surface area contributed by atoms with Gasteiger partial charge in [-0.15, -0.1) is 0 Å². The lowest BCUT2D eigenvalue weighted by atomic mass is 9.96. The third-order valence-electron chi connectivity index (χ3n) is 5.86. The molecular weight excluding hydrogens is 525 g/mol. The van der Waals surface area contributed by atoms with E-state index < -0.39 is 12.1 Å². The van der Waals surface area contributed by atoms with E-state index in [4.69, 9.17) is 5.73 Å². The maximum Gasteiger partial charge on any atom is 0.471 e. The lowest BCUT2D eigenvalue weighted by Crippen LogP contribution is -2.40. The predicted octanol–water partition coefficient (Wildman–Crippen LogP) is 5.60. The number of carbonyl (C=O) groups excluding carboxylic acids is 1. The second kappa shape index (κ2) is 9.01. The van der Waals surface area contributed by atoms with E-state index in [1.54, 1.807) is 0 Å². The van der Waals surface area contributed by atoms with Crippen molar-refractivity contribution in [3.63, 3.8) is 0 Å². The van der Waals surface area contributed by atoms with Gasteiger partial charge in [-0.2, -0.15) is 13.2 Å². The van der Waals surface area contributed by atoms with Gasteiger partial charge in [-0.1, -0.05) is 56.1 Å². The van der Waals surface area contributed by atoms with Gasteiger partial charge in [0.2, 0.25) is 0 Å². The number of hydrogen-bond acceptors (Lipinski definition) is 2. The first-order valence-corrected chi connectivity index (χ1v) is 11.3. The summed E-state index contributed by atoms with van der Waals surface area (Å²) in [6, 6.07) is 16.0. The number of halogens is 5. The van der Waals surface area contributed by atoms with Crippen molar-refractivity contribution in [1.29, 1.82) is 0 Å². The highest BCUT2D eigenvalue weighted by Crippen LogP contribution is 2.48. The Balaban J connectivity index is 0.000000184. The van der Waals surface area contributed by atoms with Gasteiger partial charge in [0.1, 0.15) is 0 Å². The van der Waals surface area contributed by atoms with Crippen LogP contribution in [0.5, 0.6) is 0 Å². The molecule has 0 spiro atoms. The van der Waals surface area contributed by atoms with Gasteiger partial charge in [0.05, 0.1) is 0 Å². The molecule has 2 saturated carbocycles. The monoisotopic (exact) mass is 546 g/mol. The normalized spacial score (nSPS) is 18.1. The molecule has 0 saturated heterocycles. The number of hydrogen-bond donors (Lipinski definition) is 2. The first kappa shape index (κ1) is 23.3. The molecule has 2 aromatic carbocycles. The average Bonchev–Trinajstić information content (AvgIpc) is 3.62. The zero-order valence-corrected chi connectivity index (χ0v) is 19.4. The van der Waals surface area contributed by atoms with Crippen LogP contribution in [0.1, 0.15) is 36.8 Å². The van der Waals surface area contributed by atoms with Crippen molar-refractivity contribution in [2.75, 3.05) is 13.1 Å². The summed E-state index contributed by atoms with van der Waals surface area (Å²) >= 11 is 6.73. The first-order chi connectivity index (χ1) is 14.1. The van der Waals surface area contributed by atoms with Gasteiger partial charge in [-0.25, -0.2) is 0 Å². The van der Waals surface area contributed by atoms with Crippen molar-refractivity contribution in [2.45, 2.75) is 42.7 Å². The molecule has 0 unspecified atom stereocenters. The second-order valence-electron chi connectivity index (χ2n) is 7.96. The summed E-state index contributed by atoms with van der Waals surface area (Å²) in [5.41, 5.74) is 8.11. The zero-order chi connectivity index (χ0) is 22.0. The Morgan fingerprint density at radius 3 is 1.60 bits per heavy atom. The quantitative estimate of drug-likeness (QED) is 0.512. The molecule has 3 N–H and O–H groups in total. The second-order valence-corrected chi connectivity index (χ2v) is 9.79. The van der Waals surface area contributed by atoms with Gasteiger partial charge in [0.15, 0.2) is 0 Å². The van der Waals surface area contributed by atoms with E-state index in [0.717, 1.165) is 33.9 Å². The molecule has 4 rings (SSSR count). The van der Waals surface area contributed by atoms with Crippen molar-refractivity contribution < 1.29 is 18.0 Å². The van der Waals surface area contributed by atoms with E-state index in [9.17, 15) is 18.0 Å². The Bertz CT molecular complexity index is 875. The summed E-state index contributed by atoms with van der Waals surface area (Å²) in [4.78, 5) is 10.8. The lowest BCUT2D eigenvalue weighted by Gasteiger charge is -2.17. The van der Waals surface area contributed by atoms with Crippen LogP contribution in [0.25, 0.3) is 0 Å². The number of nitrogens with two attached hydrogens (primary N) is 1. The van der Waals surface area contributed by atoms with Crippen LogP contribution in [0.3, 0.4) is 0 Å². The maximum absolute atomic E-state index is 12.1. The highest BCUT2D eigenvalue weighted by molar-refractivity contribution is 9.10. The fraction of sp³-hybridized carbons (Fsp3) is 0.409. The van der Waals surface area contributed by atoms with Crippen LogP contribution in [0.2, 0.25) is 0 Å². The number of benzene rings is 2. The van der Waals surface area contributed by atoms with Crippen LogP contribution in [-0.2, 0) is 15.6 Å². The third kappa shape index (κ3) is 5.65. The van der Waals surface area contributed by atoms with E-state index in [1.165, 1.54) is 18.4 Å². The molecule has 0 atom stereocenters. The van der Waals surface area contributed by atoms with Gasteiger partial charge in [0, 0.05) is 32.9 Å². The Kier molecular flexibility index (Phi) is 6.99. The molecule has 0 bridgehead atoms. The summed E-state index contributed by atoms with van der Waals surface area (Å²) in [6.07, 6.45) is -0.703. The van der Waals surface area contributed by atoms with E-state index >= 15 is 0 Å². The molecule has 0 radical (unpaired) electrons. The maximum atomic E-state index is 12.1. The molecule has 162 valence electrons. The van der Waals surface area contributed by atoms with Crippen molar-refractivity contribution >= 4 is 37.8 Å². The van der Waals surface area contributed by atoms with Gasteiger partial charge < -0.3 is 11.1 Å². The lowest BCUT2D eigenvalue weighted by molar-refractivity contribution is -0.173. The van der Waals surface area contributed by atoms with Crippen molar-refractivity contribution in [3.05, 3.63) is 68.6 Å². The summed E-state index contributed by atoms with van der Waals surface area (Å²) in [5.74, 6) is -1.87. The summed E-state index contributed by atoms with van der Waals surface area (Å²) in [5, 5.41) is 1.96. The largest absolute Gasteiger partial charge is 0.471 e. The fourth-order valence-corrected chi connectivity index (χ4v) is 3.97. The van der Waals surface area contributed by atoms with Crippen molar-refractivity contribution in [3.8, 4) is 0 Å². The summed E-state index contributed by atoms with van der Waals surface area (Å²) in [7, 11) is 0. The summed E-state index contributed by atoms with van der Waals surface area (Å²) < 4.78 is 38.3. The molecule has 3 nitrogen and oxygen atoms in total. The first-order valence-electron chi connectivity index (χ1n) is 9.67. The molecule has 0 aliphatic heterocycles. The number of nitrogens with one attached hydrogen (secondary N) is 1. The van der Waals surface area contributed by atoms with E-state index in [-0.39, 0.29) is 12.0 Å². The minimum absolute atomic E-state index is 0.0347. The molecule has 2 fully saturated rings. The van der Waals surface area contributed by atoms with E-state index in [2.05, 4.69) is 56.1 Å². The van der Waals surface area contributed by atoms with Crippen LogP contribution >= 0.6 is 31.9 Å². The topological polar surface area (TPSA) is 55.1 Å². The SMILES string of the molecule is NCC1(c2ccc(Br)cc2)CC1.O=C(NCC1(c2ccc(Br)cc2)CC1)C(F)(F)F. The van der Waals surface area contributed by atoms with Crippen LogP contribution in [-0.4, -0.2) is 25.2 Å². The predicted molar refractivity (Wildman–Crippen MR) is 118 cm³/mol. The number of amides is 1. The number of rotatable bonds is 5. The van der Waals surface area contributed by atoms with Gasteiger partial charge in [-0.3, -0.25) is 4.79 Å². The Hall–Kier alpha value is -1.38. The zero-order valence-electron chi connectivity index (χ0n) is 16.2. The molecular formula is C22H23Br2F3N2O. The van der Waals surface area contributed by atoms with Crippen LogP contribution in [0.15, 0.2) is 57.5 Å². The molecule has 1 amide bonds. The van der Waals surface area contributed by atoms with Crippen molar-refractivity contribution in [2.24, 2.45) is 5.73 Å². The van der Waals surface area contributed by atoms with E-state index in [1.807, 2.05) is 29.6 Å². The Labute approximate surface area is 190 Å². The van der Waals surface area contributed by atoms with Crippen LogP contribution < -0.4 is 11.1 Å². The molecule has 0 aromatic heterocycles. The Morgan fingerprint density at radius 2 is 1.27 bits per heavy atom. The van der Waals surface area contributed by atoms with Crippen LogP contribution in [0, 0.1) is 0 Å². The fourth-order valence-electron chi connectivity index (χ4n) is 3.44. The molecule has 0 heterocycles. The molecule has 8 heteroatoms. The standard InChI is InChI=1S/C12H11BrF3NO.C10H12BrN/c13-9-3-1-8(2-4-9)11(5-6-11)7-17-10(18)12(14,15)16;11-9-3-1-8(2-4-9)10(7-12)5-6-10/h1-4H,5-7H2,(H,17,18);1-4H,5-7,12H2. The molecule has 2 aromatic rings. The van der Waals surface area contributed by atoms with E-state index in [0.29, 0.717) is 5.41 Å². The number of alkyl halides is 3. The minimum Gasteiger partial charge on any atom is -0.347 e. The van der Waals surface area contributed by atoms with Crippen molar-refractivity contribution in [1.82, 2.24) is 5.32 Å². The molecule has 2 aliphatic carbocycles. The van der Waals surface area contributed by atoms with Gasteiger partial charge in [0.25, 0.3) is 0 Å². The Morgan fingerprint density at radius 1 is 0.867 bits per heavy atom. The molecule has 30 heavy (non-hydrogen) atoms. The average molecular weight is 548 g/mol. The minimum atomic E-state index is -4.81. The number of carbonyl (C=O) groups is 1. The summed E-state index contributed by atoms with van der Waals surface area (Å²) in [6.45, 7) is 0.821. The highest BCUT2D eigenvalue weighted by atomic mass is 79.9. The molecule has 2 aliphatic rings.